The Balaban J connectivity index is 2.31. The molecule has 1 aliphatic rings. The maximum absolute atomic E-state index is 12.5. The number of carbonyl (C=O) groups excluding carboxylic acids is 2. The highest BCUT2D eigenvalue weighted by Crippen LogP contribution is 2.38. The van der Waals surface area contributed by atoms with Crippen LogP contribution in [0.25, 0.3) is 10.9 Å². The summed E-state index contributed by atoms with van der Waals surface area (Å²) in [5.41, 5.74) is 2.83. The lowest BCUT2D eigenvalue weighted by Crippen LogP contribution is -2.26. The number of benzene rings is 1. The average molecular weight is 271 g/mol. The molecule has 0 spiro atoms. The zero-order chi connectivity index (χ0) is 14.5. The molecular formula is C16H17NO3. The van der Waals surface area contributed by atoms with Crippen LogP contribution in [0, 0.1) is 5.41 Å². The first-order valence-corrected chi connectivity index (χ1v) is 6.68. The number of carbonyl (C=O) groups is 2. The molecule has 0 unspecified atom stereocenters. The lowest BCUT2D eigenvalue weighted by molar-refractivity contribution is 0.0603. The van der Waals surface area contributed by atoms with Crippen LogP contribution >= 0.6 is 0 Å². The molecule has 20 heavy (non-hydrogen) atoms. The van der Waals surface area contributed by atoms with Crippen molar-refractivity contribution < 1.29 is 14.3 Å². The van der Waals surface area contributed by atoms with Gasteiger partial charge in [-0.25, -0.2) is 4.79 Å². The Morgan fingerprint density at radius 1 is 1.30 bits per heavy atom. The Morgan fingerprint density at radius 3 is 2.75 bits per heavy atom. The molecule has 0 saturated heterocycles. The minimum absolute atomic E-state index is 0.0452. The number of ketones is 1. The maximum atomic E-state index is 12.5. The van der Waals surface area contributed by atoms with Gasteiger partial charge in [0.25, 0.3) is 0 Å². The van der Waals surface area contributed by atoms with E-state index < -0.39 is 5.97 Å². The molecule has 0 fully saturated rings. The predicted molar refractivity (Wildman–Crippen MR) is 76.1 cm³/mol. The normalized spacial score (nSPS) is 17.1. The maximum Gasteiger partial charge on any atom is 0.338 e. The van der Waals surface area contributed by atoms with E-state index in [1.807, 2.05) is 6.07 Å². The van der Waals surface area contributed by atoms with E-state index in [1.165, 1.54) is 7.11 Å². The monoisotopic (exact) mass is 271 g/mol. The van der Waals surface area contributed by atoms with Gasteiger partial charge >= 0.3 is 5.97 Å². The molecule has 0 radical (unpaired) electrons. The molecule has 0 atom stereocenters. The third-order valence-electron chi connectivity index (χ3n) is 3.88. The van der Waals surface area contributed by atoms with Crippen molar-refractivity contribution in [2.24, 2.45) is 5.41 Å². The summed E-state index contributed by atoms with van der Waals surface area (Å²) in [6.45, 7) is 4.17. The van der Waals surface area contributed by atoms with Gasteiger partial charge < -0.3 is 9.72 Å². The van der Waals surface area contributed by atoms with Crippen molar-refractivity contribution in [3.8, 4) is 0 Å². The number of esters is 1. The van der Waals surface area contributed by atoms with E-state index in [4.69, 9.17) is 4.74 Å². The van der Waals surface area contributed by atoms with Crippen molar-refractivity contribution in [3.63, 3.8) is 0 Å². The van der Waals surface area contributed by atoms with Crippen molar-refractivity contribution in [3.05, 3.63) is 35.0 Å². The highest BCUT2D eigenvalue weighted by molar-refractivity contribution is 6.16. The van der Waals surface area contributed by atoms with E-state index in [2.05, 4.69) is 18.8 Å². The van der Waals surface area contributed by atoms with Crippen LogP contribution in [-0.2, 0) is 11.2 Å². The van der Waals surface area contributed by atoms with E-state index in [9.17, 15) is 9.59 Å². The Hall–Kier alpha value is -2.10. The number of ether oxygens (including phenoxy) is 1. The summed E-state index contributed by atoms with van der Waals surface area (Å²) in [6, 6.07) is 5.39. The number of rotatable bonds is 1. The van der Waals surface area contributed by atoms with Crippen LogP contribution in [0.4, 0.5) is 0 Å². The second-order valence-corrected chi connectivity index (χ2v) is 6.14. The average Bonchev–Trinajstić information content (AvgIpc) is 2.73. The summed E-state index contributed by atoms with van der Waals surface area (Å²) in [5, 5.41) is 0.704. The van der Waals surface area contributed by atoms with Gasteiger partial charge in [0.05, 0.1) is 12.7 Å². The molecule has 0 aliphatic heterocycles. The molecule has 1 heterocycles. The molecule has 1 aromatic carbocycles. The van der Waals surface area contributed by atoms with E-state index in [0.717, 1.165) is 17.6 Å². The smallest absolute Gasteiger partial charge is 0.338 e. The second kappa shape index (κ2) is 4.20. The molecule has 0 amide bonds. The van der Waals surface area contributed by atoms with Gasteiger partial charge in [-0.05, 0) is 24.0 Å². The number of aromatic amines is 1. The molecule has 1 aliphatic carbocycles. The fraction of sp³-hybridized carbons (Fsp3) is 0.375. The van der Waals surface area contributed by atoms with Gasteiger partial charge in [0, 0.05) is 28.6 Å². The van der Waals surface area contributed by atoms with Gasteiger partial charge in [0.15, 0.2) is 5.78 Å². The summed E-state index contributed by atoms with van der Waals surface area (Å²) in [4.78, 5) is 27.7. The third-order valence-corrected chi connectivity index (χ3v) is 3.88. The topological polar surface area (TPSA) is 59.2 Å². The summed E-state index contributed by atoms with van der Waals surface area (Å²) < 4.78 is 4.82. The minimum Gasteiger partial charge on any atom is -0.465 e. The highest BCUT2D eigenvalue weighted by Gasteiger charge is 2.34. The number of methoxy groups -OCH3 is 1. The lowest BCUT2D eigenvalue weighted by Gasteiger charge is -2.28. The fourth-order valence-electron chi connectivity index (χ4n) is 3.09. The Bertz CT molecular complexity index is 725. The molecule has 104 valence electrons. The second-order valence-electron chi connectivity index (χ2n) is 6.14. The first-order chi connectivity index (χ1) is 9.43. The number of H-pyrrole nitrogens is 1. The summed E-state index contributed by atoms with van der Waals surface area (Å²) in [5.74, 6) is -0.311. The number of hydrogen-bond acceptors (Lipinski definition) is 3. The first-order valence-electron chi connectivity index (χ1n) is 6.68. The predicted octanol–water partition coefficient (Wildman–Crippen LogP) is 3.11. The molecule has 4 nitrogen and oxygen atoms in total. The van der Waals surface area contributed by atoms with Crippen LogP contribution in [0.1, 0.15) is 46.7 Å². The standard InChI is InChI=1S/C16H17NO3/c1-16(2)7-11-14(12(18)8-16)13-9(15(19)20-3)5-4-6-10(13)17-11/h4-6,17H,7-8H2,1-3H3. The van der Waals surface area contributed by atoms with Gasteiger partial charge in [0.2, 0.25) is 0 Å². The van der Waals surface area contributed by atoms with Crippen LogP contribution in [-0.4, -0.2) is 23.8 Å². The Morgan fingerprint density at radius 2 is 2.05 bits per heavy atom. The van der Waals surface area contributed by atoms with Crippen molar-refractivity contribution in [1.29, 1.82) is 0 Å². The van der Waals surface area contributed by atoms with Crippen molar-refractivity contribution in [2.45, 2.75) is 26.7 Å². The minimum atomic E-state index is -0.407. The molecule has 1 N–H and O–H groups in total. The zero-order valence-electron chi connectivity index (χ0n) is 11.9. The van der Waals surface area contributed by atoms with Gasteiger partial charge in [0.1, 0.15) is 0 Å². The molecule has 0 saturated carbocycles. The third kappa shape index (κ3) is 1.83. The molecule has 3 rings (SSSR count). The van der Waals surface area contributed by atoms with Crippen LogP contribution in [0.5, 0.6) is 0 Å². The number of fused-ring (bicyclic) bond motifs is 3. The van der Waals surface area contributed by atoms with Crippen LogP contribution in [0.2, 0.25) is 0 Å². The van der Waals surface area contributed by atoms with Crippen LogP contribution in [0.15, 0.2) is 18.2 Å². The van der Waals surface area contributed by atoms with Gasteiger partial charge in [-0.15, -0.1) is 0 Å². The van der Waals surface area contributed by atoms with Crippen molar-refractivity contribution in [1.82, 2.24) is 4.98 Å². The summed E-state index contributed by atoms with van der Waals surface area (Å²) in [7, 11) is 1.35. The number of hydrogen-bond donors (Lipinski definition) is 1. The van der Waals surface area contributed by atoms with Crippen molar-refractivity contribution in [2.75, 3.05) is 7.11 Å². The van der Waals surface area contributed by atoms with Gasteiger partial charge in [-0.1, -0.05) is 19.9 Å². The fourth-order valence-corrected chi connectivity index (χ4v) is 3.09. The number of nitrogens with one attached hydrogen (secondary N) is 1. The molecule has 0 bridgehead atoms. The van der Waals surface area contributed by atoms with Gasteiger partial charge in [-0.2, -0.15) is 0 Å². The van der Waals surface area contributed by atoms with E-state index in [-0.39, 0.29) is 11.2 Å². The van der Waals surface area contributed by atoms with Gasteiger partial charge in [-0.3, -0.25) is 4.79 Å². The van der Waals surface area contributed by atoms with Crippen LogP contribution in [0.3, 0.4) is 0 Å². The molecule has 1 aromatic heterocycles. The Kier molecular flexibility index (Phi) is 2.71. The summed E-state index contributed by atoms with van der Waals surface area (Å²) >= 11 is 0. The number of Topliss-reactive ketones (excluding diaryl/α,β-unsaturated/α-hetero) is 1. The first kappa shape index (κ1) is 12.9. The molecule has 4 heteroatoms. The molecular weight excluding hydrogens is 254 g/mol. The van der Waals surface area contributed by atoms with E-state index in [1.54, 1.807) is 12.1 Å². The van der Waals surface area contributed by atoms with Crippen LogP contribution < -0.4 is 0 Å². The highest BCUT2D eigenvalue weighted by atomic mass is 16.5. The van der Waals surface area contributed by atoms with E-state index >= 15 is 0 Å². The number of aromatic nitrogens is 1. The zero-order valence-corrected chi connectivity index (χ0v) is 11.9. The van der Waals surface area contributed by atoms with Crippen molar-refractivity contribution >= 4 is 22.7 Å². The Labute approximate surface area is 117 Å². The van der Waals surface area contributed by atoms with E-state index in [0.29, 0.717) is 22.9 Å². The largest absolute Gasteiger partial charge is 0.465 e. The quantitative estimate of drug-likeness (QED) is 0.811. The summed E-state index contributed by atoms with van der Waals surface area (Å²) in [6.07, 6.45) is 1.31. The molecule has 2 aromatic rings. The SMILES string of the molecule is COC(=O)c1cccc2[nH]c3c(c12)C(=O)CC(C)(C)C3. The lowest BCUT2D eigenvalue weighted by atomic mass is 9.75.